The zero-order valence-corrected chi connectivity index (χ0v) is 5.70. The van der Waals surface area contributed by atoms with E-state index < -0.39 is 12.2 Å². The van der Waals surface area contributed by atoms with Crippen molar-refractivity contribution in [2.45, 2.75) is 25.6 Å². The number of hydrogen-bond donors (Lipinski definition) is 1. The van der Waals surface area contributed by atoms with Gasteiger partial charge >= 0.3 is 6.18 Å². The SMILES string of the molecule is C[C@H]1CN[C@@H](C(F)(F)F)C1. The molecule has 0 aliphatic carbocycles. The third-order valence-corrected chi connectivity index (χ3v) is 1.75. The Balaban J connectivity index is 2.45. The fourth-order valence-electron chi connectivity index (χ4n) is 1.16. The molecule has 0 bridgehead atoms. The van der Waals surface area contributed by atoms with Gasteiger partial charge in [-0.1, -0.05) is 6.92 Å². The van der Waals surface area contributed by atoms with E-state index in [0.717, 1.165) is 0 Å². The first-order valence-electron chi connectivity index (χ1n) is 3.30. The van der Waals surface area contributed by atoms with Gasteiger partial charge in [-0.15, -0.1) is 0 Å². The van der Waals surface area contributed by atoms with Crippen LogP contribution in [0.1, 0.15) is 13.3 Å². The second kappa shape index (κ2) is 2.42. The predicted molar refractivity (Wildman–Crippen MR) is 31.6 cm³/mol. The molecular formula is C6H10F3N. The third-order valence-electron chi connectivity index (χ3n) is 1.75. The zero-order valence-electron chi connectivity index (χ0n) is 5.70. The van der Waals surface area contributed by atoms with Crippen molar-refractivity contribution in [3.63, 3.8) is 0 Å². The minimum atomic E-state index is -4.05. The Bertz CT molecular complexity index is 121. The summed E-state index contributed by atoms with van der Waals surface area (Å²) in [5.41, 5.74) is 0. The minimum Gasteiger partial charge on any atom is -0.306 e. The van der Waals surface area contributed by atoms with E-state index in [0.29, 0.717) is 6.54 Å². The molecule has 0 amide bonds. The van der Waals surface area contributed by atoms with Gasteiger partial charge in [-0.2, -0.15) is 13.2 Å². The molecule has 1 heterocycles. The van der Waals surface area contributed by atoms with E-state index in [-0.39, 0.29) is 12.3 Å². The summed E-state index contributed by atoms with van der Waals surface area (Å²) in [5.74, 6) is 0.159. The molecule has 10 heavy (non-hydrogen) atoms. The summed E-state index contributed by atoms with van der Waals surface area (Å²) < 4.78 is 35.6. The van der Waals surface area contributed by atoms with Crippen molar-refractivity contribution in [1.82, 2.24) is 5.32 Å². The van der Waals surface area contributed by atoms with Crippen LogP contribution in [0.15, 0.2) is 0 Å². The molecule has 1 rings (SSSR count). The maximum absolute atomic E-state index is 11.9. The van der Waals surface area contributed by atoms with Crippen LogP contribution in [0.2, 0.25) is 0 Å². The highest BCUT2D eigenvalue weighted by molar-refractivity contribution is 4.84. The Labute approximate surface area is 57.6 Å². The van der Waals surface area contributed by atoms with E-state index in [1.54, 1.807) is 0 Å². The fourth-order valence-corrected chi connectivity index (χ4v) is 1.16. The molecule has 0 spiro atoms. The highest BCUT2D eigenvalue weighted by Crippen LogP contribution is 2.28. The second-order valence-electron chi connectivity index (χ2n) is 2.84. The van der Waals surface area contributed by atoms with Gasteiger partial charge in [-0.25, -0.2) is 0 Å². The normalized spacial score (nSPS) is 34.8. The summed E-state index contributed by atoms with van der Waals surface area (Å²) in [6.07, 6.45) is -3.83. The highest BCUT2D eigenvalue weighted by Gasteiger charge is 2.42. The Morgan fingerprint density at radius 2 is 2.00 bits per heavy atom. The van der Waals surface area contributed by atoms with E-state index in [2.05, 4.69) is 5.32 Å². The largest absolute Gasteiger partial charge is 0.403 e. The summed E-state index contributed by atoms with van der Waals surface area (Å²) in [7, 11) is 0. The van der Waals surface area contributed by atoms with Gasteiger partial charge in [0.1, 0.15) is 6.04 Å². The lowest BCUT2D eigenvalue weighted by atomic mass is 10.1. The molecule has 1 aliphatic rings. The van der Waals surface area contributed by atoms with Gasteiger partial charge in [0.05, 0.1) is 0 Å². The molecule has 60 valence electrons. The van der Waals surface area contributed by atoms with Crippen LogP contribution in [0.25, 0.3) is 0 Å². The van der Waals surface area contributed by atoms with Gasteiger partial charge in [0, 0.05) is 0 Å². The molecule has 0 aromatic carbocycles. The standard InChI is InChI=1S/C6H10F3N/c1-4-2-5(10-3-4)6(7,8)9/h4-5,10H,2-3H2,1H3/t4-,5-/m1/s1. The lowest BCUT2D eigenvalue weighted by molar-refractivity contribution is -0.152. The maximum Gasteiger partial charge on any atom is 0.403 e. The number of halogens is 3. The predicted octanol–water partition coefficient (Wildman–Crippen LogP) is 1.55. The van der Waals surface area contributed by atoms with Crippen molar-refractivity contribution < 1.29 is 13.2 Å². The summed E-state index contributed by atoms with van der Waals surface area (Å²) in [6, 6.07) is -1.26. The Morgan fingerprint density at radius 1 is 1.40 bits per heavy atom. The van der Waals surface area contributed by atoms with Crippen LogP contribution in [0.4, 0.5) is 13.2 Å². The average molecular weight is 153 g/mol. The summed E-state index contributed by atoms with van der Waals surface area (Å²) in [4.78, 5) is 0. The molecule has 0 aromatic rings. The molecule has 0 aromatic heterocycles. The number of alkyl halides is 3. The fraction of sp³-hybridized carbons (Fsp3) is 1.00. The molecule has 1 nitrogen and oxygen atoms in total. The maximum atomic E-state index is 11.9. The highest BCUT2D eigenvalue weighted by atomic mass is 19.4. The van der Waals surface area contributed by atoms with Crippen molar-refractivity contribution in [3.8, 4) is 0 Å². The first-order chi connectivity index (χ1) is 4.50. The molecule has 0 radical (unpaired) electrons. The van der Waals surface area contributed by atoms with Gasteiger partial charge in [0.25, 0.3) is 0 Å². The van der Waals surface area contributed by atoms with E-state index in [1.807, 2.05) is 6.92 Å². The van der Waals surface area contributed by atoms with Crippen LogP contribution < -0.4 is 5.32 Å². The Hall–Kier alpha value is -0.250. The monoisotopic (exact) mass is 153 g/mol. The number of rotatable bonds is 0. The lowest BCUT2D eigenvalue weighted by Crippen LogP contribution is -2.36. The molecular weight excluding hydrogens is 143 g/mol. The first-order valence-corrected chi connectivity index (χ1v) is 3.30. The summed E-state index contributed by atoms with van der Waals surface area (Å²) >= 11 is 0. The van der Waals surface area contributed by atoms with Crippen LogP contribution in [-0.4, -0.2) is 18.8 Å². The second-order valence-corrected chi connectivity index (χ2v) is 2.84. The van der Waals surface area contributed by atoms with Crippen LogP contribution in [0.5, 0.6) is 0 Å². The molecule has 4 heteroatoms. The van der Waals surface area contributed by atoms with Gasteiger partial charge < -0.3 is 5.32 Å². The smallest absolute Gasteiger partial charge is 0.306 e. The van der Waals surface area contributed by atoms with Crippen molar-refractivity contribution in [3.05, 3.63) is 0 Å². The summed E-state index contributed by atoms with van der Waals surface area (Å²) in [6.45, 7) is 2.31. The summed E-state index contributed by atoms with van der Waals surface area (Å²) in [5, 5.41) is 2.42. The van der Waals surface area contributed by atoms with E-state index >= 15 is 0 Å². The molecule has 1 N–H and O–H groups in total. The molecule has 1 fully saturated rings. The van der Waals surface area contributed by atoms with Crippen LogP contribution in [-0.2, 0) is 0 Å². The van der Waals surface area contributed by atoms with E-state index in [9.17, 15) is 13.2 Å². The number of hydrogen-bond acceptors (Lipinski definition) is 1. The quantitative estimate of drug-likeness (QED) is 0.556. The first kappa shape index (κ1) is 7.85. The Kier molecular flexibility index (Phi) is 1.90. The van der Waals surface area contributed by atoms with Crippen LogP contribution in [0.3, 0.4) is 0 Å². The number of nitrogens with one attached hydrogen (secondary N) is 1. The van der Waals surface area contributed by atoms with Gasteiger partial charge in [0.2, 0.25) is 0 Å². The lowest BCUT2D eigenvalue weighted by Gasteiger charge is -2.13. The zero-order chi connectivity index (χ0) is 7.78. The van der Waals surface area contributed by atoms with Gasteiger partial charge in [0.15, 0.2) is 0 Å². The molecule has 1 saturated heterocycles. The molecule has 2 atom stereocenters. The average Bonchev–Trinajstić information content (AvgIpc) is 2.11. The van der Waals surface area contributed by atoms with Crippen LogP contribution in [0, 0.1) is 5.92 Å². The van der Waals surface area contributed by atoms with Crippen LogP contribution >= 0.6 is 0 Å². The van der Waals surface area contributed by atoms with E-state index in [4.69, 9.17) is 0 Å². The Morgan fingerprint density at radius 3 is 2.20 bits per heavy atom. The van der Waals surface area contributed by atoms with Gasteiger partial charge in [-0.05, 0) is 18.9 Å². The molecule has 0 unspecified atom stereocenters. The van der Waals surface area contributed by atoms with Crippen molar-refractivity contribution >= 4 is 0 Å². The third kappa shape index (κ3) is 1.62. The van der Waals surface area contributed by atoms with Crippen molar-refractivity contribution in [2.24, 2.45) is 5.92 Å². The minimum absolute atomic E-state index is 0.159. The van der Waals surface area contributed by atoms with Crippen molar-refractivity contribution in [1.29, 1.82) is 0 Å². The van der Waals surface area contributed by atoms with Gasteiger partial charge in [-0.3, -0.25) is 0 Å². The molecule has 0 saturated carbocycles. The van der Waals surface area contributed by atoms with Crippen molar-refractivity contribution in [2.75, 3.05) is 6.54 Å². The topological polar surface area (TPSA) is 12.0 Å². The molecule has 1 aliphatic heterocycles. The van der Waals surface area contributed by atoms with E-state index in [1.165, 1.54) is 0 Å².